The molecule has 3 aromatic rings. The zero-order valence-electron chi connectivity index (χ0n) is 19.6. The predicted octanol–water partition coefficient (Wildman–Crippen LogP) is 6.60. The van der Waals surface area contributed by atoms with Crippen molar-refractivity contribution in [1.29, 1.82) is 0 Å². The Hall–Kier alpha value is -3.53. The maximum absolute atomic E-state index is 14.7. The third-order valence-corrected chi connectivity index (χ3v) is 7.05. The average molecular weight is 554 g/mol. The molecule has 200 valence electrons. The van der Waals surface area contributed by atoms with Crippen LogP contribution in [0.3, 0.4) is 0 Å². The van der Waals surface area contributed by atoms with Gasteiger partial charge in [-0.05, 0) is 48.6 Å². The lowest BCUT2D eigenvalue weighted by Gasteiger charge is -2.17. The van der Waals surface area contributed by atoms with Crippen molar-refractivity contribution in [3.8, 4) is 11.1 Å². The van der Waals surface area contributed by atoms with Gasteiger partial charge in [-0.1, -0.05) is 29.8 Å². The standard InChI is InChI=1S/C27H21ClF5NO4/c28-20-7-6-17(25(30)31)23(24(20)29)15-5-8-21(34(38)12-15)19(11-16-10-18(16)26(32)33)22(35)9-13-1-3-14(4-2-13)27(36)37/h1-8,12,16,18-19,25-26H,9-11H2,(H,36,37). The molecule has 1 aliphatic carbocycles. The summed E-state index contributed by atoms with van der Waals surface area (Å²) < 4.78 is 68.4. The van der Waals surface area contributed by atoms with Gasteiger partial charge in [0.25, 0.3) is 6.43 Å². The molecule has 0 radical (unpaired) electrons. The van der Waals surface area contributed by atoms with Crippen LogP contribution in [0.2, 0.25) is 5.02 Å². The minimum Gasteiger partial charge on any atom is -0.618 e. The number of nitrogens with zero attached hydrogens (tertiary/aromatic N) is 1. The van der Waals surface area contributed by atoms with Gasteiger partial charge < -0.3 is 10.3 Å². The normalized spacial score (nSPS) is 17.6. The first kappa shape index (κ1) is 27.5. The number of ketones is 1. The largest absolute Gasteiger partial charge is 0.618 e. The van der Waals surface area contributed by atoms with Crippen molar-refractivity contribution >= 4 is 23.4 Å². The fraction of sp³-hybridized carbons (Fsp3) is 0.296. The summed E-state index contributed by atoms with van der Waals surface area (Å²) in [5.41, 5.74) is -1.03. The Bertz CT molecular complexity index is 1370. The first-order valence-electron chi connectivity index (χ1n) is 11.6. The lowest BCUT2D eigenvalue weighted by atomic mass is 9.88. The number of alkyl halides is 4. The summed E-state index contributed by atoms with van der Waals surface area (Å²) in [6, 6.07) is 9.87. The van der Waals surface area contributed by atoms with Gasteiger partial charge >= 0.3 is 5.97 Å². The number of carboxylic acid groups (broad SMARTS) is 1. The molecule has 0 saturated heterocycles. The third kappa shape index (κ3) is 5.80. The lowest BCUT2D eigenvalue weighted by molar-refractivity contribution is -0.614. The first-order chi connectivity index (χ1) is 18.0. The highest BCUT2D eigenvalue weighted by atomic mass is 35.5. The van der Waals surface area contributed by atoms with E-state index < -0.39 is 64.3 Å². The van der Waals surface area contributed by atoms with Crippen LogP contribution < -0.4 is 4.73 Å². The van der Waals surface area contributed by atoms with Crippen molar-refractivity contribution in [2.45, 2.75) is 38.0 Å². The van der Waals surface area contributed by atoms with Gasteiger partial charge in [-0.3, -0.25) is 4.79 Å². The Morgan fingerprint density at radius 2 is 1.74 bits per heavy atom. The number of Topliss-reactive ketones (excluding diaryl/α,β-unsaturated/α-hetero) is 1. The van der Waals surface area contributed by atoms with Crippen molar-refractivity contribution in [2.24, 2.45) is 11.8 Å². The molecule has 1 aliphatic rings. The van der Waals surface area contributed by atoms with Crippen LogP contribution in [0.25, 0.3) is 11.1 Å². The fourth-order valence-electron chi connectivity index (χ4n) is 4.61. The second-order valence-corrected chi connectivity index (χ2v) is 9.63. The highest BCUT2D eigenvalue weighted by molar-refractivity contribution is 6.31. The molecule has 11 heteroatoms. The lowest BCUT2D eigenvalue weighted by Crippen LogP contribution is -2.36. The summed E-state index contributed by atoms with van der Waals surface area (Å²) in [5, 5.41) is 21.7. The smallest absolute Gasteiger partial charge is 0.335 e. The van der Waals surface area contributed by atoms with E-state index in [1.807, 2.05) is 0 Å². The third-order valence-electron chi connectivity index (χ3n) is 6.76. The maximum Gasteiger partial charge on any atom is 0.335 e. The summed E-state index contributed by atoms with van der Waals surface area (Å²) in [5.74, 6) is -5.23. The van der Waals surface area contributed by atoms with Gasteiger partial charge in [-0.25, -0.2) is 26.7 Å². The summed E-state index contributed by atoms with van der Waals surface area (Å²) in [4.78, 5) is 24.4. The topological polar surface area (TPSA) is 81.3 Å². The van der Waals surface area contributed by atoms with E-state index in [1.165, 1.54) is 36.4 Å². The molecule has 38 heavy (non-hydrogen) atoms. The molecular formula is C27H21ClF5NO4. The molecule has 0 bridgehead atoms. The van der Waals surface area contributed by atoms with Crippen molar-refractivity contribution in [1.82, 2.24) is 0 Å². The van der Waals surface area contributed by atoms with Gasteiger partial charge in [-0.2, -0.15) is 4.73 Å². The highest BCUT2D eigenvalue weighted by Gasteiger charge is 2.47. The number of hydrogen-bond acceptors (Lipinski definition) is 3. The maximum atomic E-state index is 14.7. The van der Waals surface area contributed by atoms with E-state index in [9.17, 15) is 36.7 Å². The van der Waals surface area contributed by atoms with Crippen molar-refractivity contribution < 1.29 is 41.4 Å². The number of aromatic carboxylic acids is 1. The van der Waals surface area contributed by atoms with Crippen LogP contribution in [-0.4, -0.2) is 23.3 Å². The zero-order chi connectivity index (χ0) is 27.7. The summed E-state index contributed by atoms with van der Waals surface area (Å²) in [6.45, 7) is 0. The highest BCUT2D eigenvalue weighted by Crippen LogP contribution is 2.48. The molecule has 1 aromatic heterocycles. The van der Waals surface area contributed by atoms with Gasteiger partial charge in [0.05, 0.1) is 16.1 Å². The monoisotopic (exact) mass is 553 g/mol. The van der Waals surface area contributed by atoms with Gasteiger partial charge in [0, 0.05) is 29.5 Å². The minimum atomic E-state index is -3.06. The number of aromatic nitrogens is 1. The van der Waals surface area contributed by atoms with E-state index in [-0.39, 0.29) is 40.8 Å². The molecule has 2 aromatic carbocycles. The number of carbonyl (C=O) groups excluding carboxylic acids is 1. The average Bonchev–Trinajstić information content (AvgIpc) is 3.64. The first-order valence-corrected chi connectivity index (χ1v) is 12.0. The molecule has 1 N–H and O–H groups in total. The van der Waals surface area contributed by atoms with Gasteiger partial charge in [0.15, 0.2) is 12.0 Å². The van der Waals surface area contributed by atoms with E-state index in [1.54, 1.807) is 0 Å². The van der Waals surface area contributed by atoms with Crippen LogP contribution in [0.4, 0.5) is 22.0 Å². The Kier molecular flexibility index (Phi) is 8.01. The fourth-order valence-corrected chi connectivity index (χ4v) is 4.77. The van der Waals surface area contributed by atoms with Gasteiger partial charge in [-0.15, -0.1) is 0 Å². The number of carbonyl (C=O) groups is 2. The molecule has 1 saturated carbocycles. The van der Waals surface area contributed by atoms with Crippen LogP contribution >= 0.6 is 11.6 Å². The van der Waals surface area contributed by atoms with Crippen LogP contribution in [0.5, 0.6) is 0 Å². The van der Waals surface area contributed by atoms with Gasteiger partial charge in [0.2, 0.25) is 12.1 Å². The molecule has 5 nitrogen and oxygen atoms in total. The Morgan fingerprint density at radius 1 is 1.05 bits per heavy atom. The molecular weight excluding hydrogens is 533 g/mol. The molecule has 3 atom stereocenters. The van der Waals surface area contributed by atoms with Crippen LogP contribution in [0, 0.1) is 22.9 Å². The van der Waals surface area contributed by atoms with Crippen LogP contribution in [0.15, 0.2) is 54.7 Å². The Labute approximate surface area is 219 Å². The number of halogens is 6. The second kappa shape index (κ2) is 11.1. The van der Waals surface area contributed by atoms with Crippen molar-refractivity contribution in [3.63, 3.8) is 0 Å². The quantitative estimate of drug-likeness (QED) is 0.174. The summed E-state index contributed by atoms with van der Waals surface area (Å²) in [7, 11) is 0. The van der Waals surface area contributed by atoms with Gasteiger partial charge in [0.1, 0.15) is 11.7 Å². The molecule has 1 heterocycles. The van der Waals surface area contributed by atoms with Crippen molar-refractivity contribution in [2.75, 3.05) is 0 Å². The summed E-state index contributed by atoms with van der Waals surface area (Å²) in [6.07, 6.45) is -4.81. The molecule has 4 rings (SSSR count). The number of rotatable bonds is 10. The number of pyridine rings is 1. The Morgan fingerprint density at radius 3 is 2.29 bits per heavy atom. The number of hydrogen-bond donors (Lipinski definition) is 1. The molecule has 3 unspecified atom stereocenters. The van der Waals surface area contributed by atoms with Crippen LogP contribution in [-0.2, 0) is 11.2 Å². The molecule has 0 aliphatic heterocycles. The van der Waals surface area contributed by atoms with Crippen molar-refractivity contribution in [3.05, 3.63) is 93.2 Å². The van der Waals surface area contributed by atoms with Crippen LogP contribution in [0.1, 0.15) is 52.4 Å². The number of benzene rings is 2. The SMILES string of the molecule is O=C(O)c1ccc(CC(=O)C(CC2CC2C(F)F)c2ccc(-c3c(C(F)F)ccc(Cl)c3F)c[n+]2[O-])cc1. The second-order valence-electron chi connectivity index (χ2n) is 9.22. The zero-order valence-corrected chi connectivity index (χ0v) is 20.3. The predicted molar refractivity (Wildman–Crippen MR) is 128 cm³/mol. The molecule has 1 fully saturated rings. The molecule has 0 spiro atoms. The molecule has 0 amide bonds. The van der Waals surface area contributed by atoms with E-state index in [0.717, 1.165) is 18.3 Å². The van der Waals surface area contributed by atoms with E-state index >= 15 is 0 Å². The number of carboxylic acids is 1. The van der Waals surface area contributed by atoms with E-state index in [2.05, 4.69) is 0 Å². The summed E-state index contributed by atoms with van der Waals surface area (Å²) >= 11 is 5.77. The minimum absolute atomic E-state index is 0.0138. The Balaban J connectivity index is 1.68. The van der Waals surface area contributed by atoms with E-state index in [4.69, 9.17) is 16.7 Å². The van der Waals surface area contributed by atoms with E-state index in [0.29, 0.717) is 5.56 Å².